The molecule has 0 N–H and O–H groups in total. The van der Waals surface area contributed by atoms with Gasteiger partial charge in [0.05, 0.1) is 23.8 Å². The smallest absolute Gasteiger partial charge is 0.270 e. The average molecular weight is 389 g/mol. The zero-order valence-electron chi connectivity index (χ0n) is 15.2. The number of rotatable bonds is 3. The topological polar surface area (TPSA) is 105 Å². The summed E-state index contributed by atoms with van der Waals surface area (Å²) in [6, 6.07) is 13.7. The molecule has 144 valence electrons. The molecule has 4 aromatic rings. The fourth-order valence-corrected chi connectivity index (χ4v) is 3.22. The normalized spacial score (nSPS) is 13.2. The summed E-state index contributed by atoms with van der Waals surface area (Å²) < 4.78 is 13.0. The fraction of sp³-hybridized carbons (Fsp3) is 0.150. The molecular formula is C20H15N5O4. The molecule has 0 saturated heterocycles. The first-order valence-electron chi connectivity index (χ1n) is 9.06. The Labute approximate surface area is 164 Å². The summed E-state index contributed by atoms with van der Waals surface area (Å²) in [6.45, 7) is 1.21. The number of ether oxygens (including phenoxy) is 2. The van der Waals surface area contributed by atoms with Crippen molar-refractivity contribution in [2.75, 3.05) is 13.2 Å². The number of hydrogen-bond donors (Lipinski definition) is 0. The van der Waals surface area contributed by atoms with E-state index >= 15 is 0 Å². The van der Waals surface area contributed by atoms with Gasteiger partial charge in [-0.25, -0.2) is 4.98 Å². The summed E-state index contributed by atoms with van der Waals surface area (Å²) in [5.74, 6) is 2.23. The van der Waals surface area contributed by atoms with E-state index in [1.54, 1.807) is 28.9 Å². The summed E-state index contributed by atoms with van der Waals surface area (Å²) in [5, 5.41) is 15.7. The Morgan fingerprint density at radius 1 is 1.00 bits per heavy atom. The first kappa shape index (κ1) is 17.1. The lowest BCUT2D eigenvalue weighted by Crippen LogP contribution is -1.97. The molecule has 0 saturated carbocycles. The van der Waals surface area contributed by atoms with Crippen LogP contribution in [0.4, 0.5) is 5.69 Å². The Morgan fingerprint density at radius 3 is 2.72 bits per heavy atom. The van der Waals surface area contributed by atoms with Gasteiger partial charge in [0.25, 0.3) is 11.5 Å². The van der Waals surface area contributed by atoms with E-state index in [0.717, 1.165) is 12.0 Å². The minimum atomic E-state index is -0.424. The summed E-state index contributed by atoms with van der Waals surface area (Å²) in [4.78, 5) is 19.5. The number of benzene rings is 2. The summed E-state index contributed by atoms with van der Waals surface area (Å²) in [5.41, 5.74) is 2.09. The van der Waals surface area contributed by atoms with Crippen molar-refractivity contribution in [1.82, 2.24) is 19.6 Å². The Hall–Kier alpha value is -4.01. The van der Waals surface area contributed by atoms with Crippen LogP contribution >= 0.6 is 0 Å². The molecule has 5 rings (SSSR count). The van der Waals surface area contributed by atoms with Crippen LogP contribution in [0.2, 0.25) is 0 Å². The Morgan fingerprint density at radius 2 is 1.86 bits per heavy atom. The molecule has 0 amide bonds. The SMILES string of the molecule is O=[N+]([O-])c1cccc(-c2ccnc3nc(-c4ccc5c(c4)OCCCO5)nn23)c1. The van der Waals surface area contributed by atoms with Crippen LogP contribution in [0.3, 0.4) is 0 Å². The van der Waals surface area contributed by atoms with E-state index in [2.05, 4.69) is 15.1 Å². The molecule has 0 fully saturated rings. The molecule has 3 heterocycles. The highest BCUT2D eigenvalue weighted by Crippen LogP contribution is 2.33. The van der Waals surface area contributed by atoms with E-state index in [0.29, 0.717) is 47.6 Å². The maximum absolute atomic E-state index is 11.1. The fourth-order valence-electron chi connectivity index (χ4n) is 3.22. The van der Waals surface area contributed by atoms with Gasteiger partial charge >= 0.3 is 0 Å². The minimum Gasteiger partial charge on any atom is -0.490 e. The van der Waals surface area contributed by atoms with Gasteiger partial charge in [-0.05, 0) is 24.3 Å². The number of nitro groups is 1. The Balaban J connectivity index is 1.60. The largest absolute Gasteiger partial charge is 0.490 e. The molecule has 1 aliphatic heterocycles. The van der Waals surface area contributed by atoms with Crippen molar-refractivity contribution in [2.24, 2.45) is 0 Å². The summed E-state index contributed by atoms with van der Waals surface area (Å²) >= 11 is 0. The lowest BCUT2D eigenvalue weighted by molar-refractivity contribution is -0.384. The highest BCUT2D eigenvalue weighted by Gasteiger charge is 2.16. The van der Waals surface area contributed by atoms with Crippen molar-refractivity contribution in [2.45, 2.75) is 6.42 Å². The van der Waals surface area contributed by atoms with Gasteiger partial charge in [0.2, 0.25) is 0 Å². The van der Waals surface area contributed by atoms with Crippen LogP contribution < -0.4 is 9.47 Å². The van der Waals surface area contributed by atoms with Crippen LogP contribution in [0.1, 0.15) is 6.42 Å². The number of non-ortho nitro benzene ring substituents is 1. The second-order valence-electron chi connectivity index (χ2n) is 6.50. The molecule has 0 bridgehead atoms. The monoisotopic (exact) mass is 389 g/mol. The molecule has 2 aromatic heterocycles. The zero-order valence-corrected chi connectivity index (χ0v) is 15.2. The second-order valence-corrected chi connectivity index (χ2v) is 6.50. The highest BCUT2D eigenvalue weighted by atomic mass is 16.6. The Bertz CT molecular complexity index is 1240. The third kappa shape index (κ3) is 3.12. The molecule has 0 radical (unpaired) electrons. The van der Waals surface area contributed by atoms with E-state index in [1.807, 2.05) is 18.2 Å². The van der Waals surface area contributed by atoms with E-state index in [-0.39, 0.29) is 5.69 Å². The van der Waals surface area contributed by atoms with E-state index < -0.39 is 4.92 Å². The zero-order chi connectivity index (χ0) is 19.8. The average Bonchev–Trinajstić information content (AvgIpc) is 3.05. The van der Waals surface area contributed by atoms with E-state index in [9.17, 15) is 10.1 Å². The van der Waals surface area contributed by atoms with Gasteiger partial charge in [-0.3, -0.25) is 10.1 Å². The van der Waals surface area contributed by atoms with Crippen molar-refractivity contribution >= 4 is 11.5 Å². The molecule has 29 heavy (non-hydrogen) atoms. The van der Waals surface area contributed by atoms with Crippen LogP contribution in [0, 0.1) is 10.1 Å². The van der Waals surface area contributed by atoms with Crippen molar-refractivity contribution in [3.8, 4) is 34.1 Å². The summed E-state index contributed by atoms with van der Waals surface area (Å²) in [6.07, 6.45) is 2.43. The molecule has 1 aliphatic rings. The maximum Gasteiger partial charge on any atom is 0.270 e. The molecule has 9 heteroatoms. The predicted octanol–water partition coefficient (Wildman–Crippen LogP) is 3.53. The van der Waals surface area contributed by atoms with E-state index in [4.69, 9.17) is 9.47 Å². The van der Waals surface area contributed by atoms with Crippen LogP contribution in [0.5, 0.6) is 11.5 Å². The summed E-state index contributed by atoms with van der Waals surface area (Å²) in [7, 11) is 0. The van der Waals surface area contributed by atoms with Crippen molar-refractivity contribution < 1.29 is 14.4 Å². The van der Waals surface area contributed by atoms with Gasteiger partial charge in [-0.1, -0.05) is 12.1 Å². The lowest BCUT2D eigenvalue weighted by atomic mass is 10.1. The third-order valence-electron chi connectivity index (χ3n) is 4.60. The first-order chi connectivity index (χ1) is 14.2. The Kier molecular flexibility index (Phi) is 4.05. The van der Waals surface area contributed by atoms with Crippen LogP contribution in [0.15, 0.2) is 54.7 Å². The number of nitro benzene ring substituents is 1. The predicted molar refractivity (Wildman–Crippen MR) is 104 cm³/mol. The molecule has 9 nitrogen and oxygen atoms in total. The van der Waals surface area contributed by atoms with E-state index in [1.165, 1.54) is 12.1 Å². The number of fused-ring (bicyclic) bond motifs is 2. The highest BCUT2D eigenvalue weighted by molar-refractivity contribution is 5.67. The van der Waals surface area contributed by atoms with Crippen LogP contribution in [-0.4, -0.2) is 37.7 Å². The molecular weight excluding hydrogens is 374 g/mol. The molecule has 0 spiro atoms. The standard InChI is InChI=1S/C20H15N5O4/c26-25(27)15-4-1-3-13(11-15)16-7-8-21-20-22-19(23-24(16)20)14-5-6-17-18(12-14)29-10-2-9-28-17/h1,3-8,11-12H,2,9-10H2. The second kappa shape index (κ2) is 6.86. The van der Waals surface area contributed by atoms with Gasteiger partial charge in [-0.15, -0.1) is 5.10 Å². The number of nitrogens with zero attached hydrogens (tertiary/aromatic N) is 5. The van der Waals surface area contributed by atoms with Gasteiger partial charge in [-0.2, -0.15) is 9.50 Å². The lowest BCUT2D eigenvalue weighted by Gasteiger charge is -2.07. The minimum absolute atomic E-state index is 0.00991. The molecule has 0 atom stereocenters. The van der Waals surface area contributed by atoms with Gasteiger partial charge in [0.15, 0.2) is 17.3 Å². The van der Waals surface area contributed by atoms with Crippen molar-refractivity contribution in [3.63, 3.8) is 0 Å². The third-order valence-corrected chi connectivity index (χ3v) is 4.60. The van der Waals surface area contributed by atoms with Gasteiger partial charge in [0.1, 0.15) is 0 Å². The van der Waals surface area contributed by atoms with Gasteiger partial charge in [0, 0.05) is 35.9 Å². The molecule has 0 aliphatic carbocycles. The van der Waals surface area contributed by atoms with Crippen molar-refractivity contribution in [1.29, 1.82) is 0 Å². The molecule has 0 unspecified atom stereocenters. The van der Waals surface area contributed by atoms with Crippen molar-refractivity contribution in [3.05, 3.63) is 64.8 Å². The number of aromatic nitrogens is 4. The van der Waals surface area contributed by atoms with Crippen LogP contribution in [-0.2, 0) is 0 Å². The quantitative estimate of drug-likeness (QED) is 0.390. The van der Waals surface area contributed by atoms with Crippen LogP contribution in [0.25, 0.3) is 28.4 Å². The number of hydrogen-bond acceptors (Lipinski definition) is 7. The molecule has 2 aromatic carbocycles. The maximum atomic E-state index is 11.1. The van der Waals surface area contributed by atoms with Gasteiger partial charge < -0.3 is 9.47 Å². The first-order valence-corrected chi connectivity index (χ1v) is 9.06.